The minimum absolute atomic E-state index is 0.189. The lowest BCUT2D eigenvalue weighted by molar-refractivity contribution is -0.117. The van der Waals surface area contributed by atoms with E-state index in [-0.39, 0.29) is 12.4 Å². The predicted octanol–water partition coefficient (Wildman–Crippen LogP) is 0.993. The number of hydrogen-bond acceptors (Lipinski definition) is 5. The molecule has 0 aliphatic carbocycles. The summed E-state index contributed by atoms with van der Waals surface area (Å²) in [6.45, 7) is 1.81. The minimum Gasteiger partial charge on any atom is -0.434 e. The first-order chi connectivity index (χ1) is 5.74. The first kappa shape index (κ1) is 8.38. The summed E-state index contributed by atoms with van der Waals surface area (Å²) in [5.41, 5.74) is 0. The van der Waals surface area contributed by atoms with Crippen LogP contribution in [-0.2, 0) is 14.3 Å². The fraction of sp³-hybridized carbons (Fsp3) is 0.333. The second-order valence-corrected chi connectivity index (χ2v) is 1.80. The molecule has 0 spiro atoms. The van der Waals surface area contributed by atoms with Crippen molar-refractivity contribution in [2.24, 2.45) is 10.2 Å². The van der Waals surface area contributed by atoms with Crippen LogP contribution in [0.25, 0.3) is 0 Å². The van der Waals surface area contributed by atoms with Crippen LogP contribution in [0.5, 0.6) is 0 Å². The van der Waals surface area contributed by atoms with Crippen molar-refractivity contribution in [2.75, 3.05) is 6.61 Å². The van der Waals surface area contributed by atoms with Crippen LogP contribution in [0.4, 0.5) is 4.79 Å². The van der Waals surface area contributed by atoms with Crippen molar-refractivity contribution in [2.45, 2.75) is 6.92 Å². The number of hydrogen-bond donors (Lipinski definition) is 0. The standard InChI is InChI=1S/C6H6N2O4/c1-2-11-6(10)12-4-3-7-8-5(4)9/h3H,2H2,1H3. The molecule has 6 heteroatoms. The van der Waals surface area contributed by atoms with Gasteiger partial charge in [-0.1, -0.05) is 0 Å². The maximum Gasteiger partial charge on any atom is 0.514 e. The fourth-order valence-corrected chi connectivity index (χ4v) is 0.545. The smallest absolute Gasteiger partial charge is 0.434 e. The Bertz CT molecular complexity index is 269. The lowest BCUT2D eigenvalue weighted by Gasteiger charge is -2.00. The molecule has 1 aliphatic heterocycles. The van der Waals surface area contributed by atoms with Gasteiger partial charge in [0.25, 0.3) is 0 Å². The number of amides is 1. The molecule has 0 fully saturated rings. The molecule has 0 aromatic heterocycles. The molecule has 1 heterocycles. The summed E-state index contributed by atoms with van der Waals surface area (Å²) in [4.78, 5) is 21.3. The van der Waals surface area contributed by atoms with Gasteiger partial charge in [-0.05, 0) is 6.92 Å². The normalized spacial score (nSPS) is 14.4. The number of azo groups is 1. The van der Waals surface area contributed by atoms with Gasteiger partial charge in [-0.2, -0.15) is 5.11 Å². The van der Waals surface area contributed by atoms with Gasteiger partial charge in [-0.25, -0.2) is 4.79 Å². The van der Waals surface area contributed by atoms with Gasteiger partial charge in [0.05, 0.1) is 12.8 Å². The Balaban J connectivity index is 2.43. The number of ether oxygens (including phenoxy) is 2. The molecule has 6 nitrogen and oxygen atoms in total. The Kier molecular flexibility index (Phi) is 2.52. The van der Waals surface area contributed by atoms with Gasteiger partial charge < -0.3 is 9.47 Å². The molecule has 12 heavy (non-hydrogen) atoms. The van der Waals surface area contributed by atoms with Gasteiger partial charge >= 0.3 is 12.1 Å². The average Bonchev–Trinajstić information content (AvgIpc) is 2.37. The number of nitrogens with zero attached hydrogens (tertiary/aromatic N) is 2. The third-order valence-corrected chi connectivity index (χ3v) is 0.990. The molecular weight excluding hydrogens is 164 g/mol. The van der Waals surface area contributed by atoms with Crippen molar-refractivity contribution in [1.82, 2.24) is 0 Å². The van der Waals surface area contributed by atoms with E-state index in [2.05, 4.69) is 19.7 Å². The van der Waals surface area contributed by atoms with E-state index in [4.69, 9.17) is 0 Å². The highest BCUT2D eigenvalue weighted by molar-refractivity contribution is 5.94. The van der Waals surface area contributed by atoms with Crippen molar-refractivity contribution in [3.05, 3.63) is 12.0 Å². The molecule has 0 N–H and O–H groups in total. The van der Waals surface area contributed by atoms with Crippen LogP contribution in [0, 0.1) is 0 Å². The number of carbonyl (C=O) groups excluding carboxylic acids is 2. The van der Waals surface area contributed by atoms with E-state index in [1.54, 1.807) is 6.92 Å². The van der Waals surface area contributed by atoms with E-state index in [9.17, 15) is 9.59 Å². The molecule has 0 saturated carbocycles. The molecule has 1 aliphatic rings. The number of carbonyl (C=O) groups is 2. The van der Waals surface area contributed by atoms with Crippen LogP contribution in [0.2, 0.25) is 0 Å². The van der Waals surface area contributed by atoms with E-state index in [0.29, 0.717) is 0 Å². The Hall–Kier alpha value is -1.72. The fourth-order valence-electron chi connectivity index (χ4n) is 0.545. The van der Waals surface area contributed by atoms with Crippen LogP contribution in [0.1, 0.15) is 6.92 Å². The zero-order valence-electron chi connectivity index (χ0n) is 6.31. The quantitative estimate of drug-likeness (QED) is 0.579. The average molecular weight is 170 g/mol. The lowest BCUT2D eigenvalue weighted by atomic mass is 10.5. The highest BCUT2D eigenvalue weighted by Crippen LogP contribution is 2.09. The van der Waals surface area contributed by atoms with Crippen molar-refractivity contribution in [1.29, 1.82) is 0 Å². The number of rotatable bonds is 2. The Morgan fingerprint density at radius 2 is 2.42 bits per heavy atom. The molecule has 0 aromatic carbocycles. The van der Waals surface area contributed by atoms with Crippen LogP contribution in [0.15, 0.2) is 22.2 Å². The minimum atomic E-state index is -0.926. The zero-order chi connectivity index (χ0) is 8.97. The predicted molar refractivity (Wildman–Crippen MR) is 36.1 cm³/mol. The third kappa shape index (κ3) is 1.88. The highest BCUT2D eigenvalue weighted by Gasteiger charge is 2.19. The van der Waals surface area contributed by atoms with Gasteiger partial charge in [0, 0.05) is 0 Å². The molecule has 0 aromatic rings. The van der Waals surface area contributed by atoms with Crippen molar-refractivity contribution >= 4 is 12.1 Å². The summed E-state index contributed by atoms with van der Waals surface area (Å²) in [5.74, 6) is -0.892. The van der Waals surface area contributed by atoms with Gasteiger partial charge in [0.15, 0.2) is 0 Å². The first-order valence-corrected chi connectivity index (χ1v) is 3.24. The van der Waals surface area contributed by atoms with Crippen LogP contribution in [0.3, 0.4) is 0 Å². The second-order valence-electron chi connectivity index (χ2n) is 1.80. The summed E-state index contributed by atoms with van der Waals surface area (Å²) < 4.78 is 8.84. The molecule has 0 bridgehead atoms. The molecular formula is C6H6N2O4. The van der Waals surface area contributed by atoms with Crippen molar-refractivity contribution < 1.29 is 19.1 Å². The summed E-state index contributed by atoms with van der Waals surface area (Å²) in [6, 6.07) is 0. The van der Waals surface area contributed by atoms with Crippen LogP contribution >= 0.6 is 0 Å². The van der Waals surface area contributed by atoms with Crippen molar-refractivity contribution in [3.8, 4) is 0 Å². The summed E-state index contributed by atoms with van der Waals surface area (Å²) >= 11 is 0. The maximum absolute atomic E-state index is 10.7. The monoisotopic (exact) mass is 170 g/mol. The summed E-state index contributed by atoms with van der Waals surface area (Å²) in [6.07, 6.45) is 0.128. The maximum atomic E-state index is 10.7. The molecule has 1 amide bonds. The topological polar surface area (TPSA) is 77.3 Å². The molecule has 0 saturated heterocycles. The SMILES string of the molecule is CCOC(=O)OC1=CN=NC1=O. The van der Waals surface area contributed by atoms with Gasteiger partial charge in [0.2, 0.25) is 5.76 Å². The first-order valence-electron chi connectivity index (χ1n) is 3.24. The lowest BCUT2D eigenvalue weighted by Crippen LogP contribution is -2.09. The molecule has 0 unspecified atom stereocenters. The van der Waals surface area contributed by atoms with Gasteiger partial charge in [-0.3, -0.25) is 4.79 Å². The van der Waals surface area contributed by atoms with E-state index in [1.165, 1.54) is 0 Å². The summed E-state index contributed by atoms with van der Waals surface area (Å²) in [7, 11) is 0. The Morgan fingerprint density at radius 3 is 2.92 bits per heavy atom. The molecule has 0 atom stereocenters. The second kappa shape index (κ2) is 3.61. The van der Waals surface area contributed by atoms with Crippen LogP contribution in [-0.4, -0.2) is 18.7 Å². The largest absolute Gasteiger partial charge is 0.514 e. The summed E-state index contributed by atoms with van der Waals surface area (Å²) in [5, 5.41) is 6.33. The van der Waals surface area contributed by atoms with E-state index >= 15 is 0 Å². The Morgan fingerprint density at radius 1 is 1.67 bits per heavy atom. The molecule has 64 valence electrons. The van der Waals surface area contributed by atoms with Crippen LogP contribution < -0.4 is 0 Å². The molecule has 1 rings (SSSR count). The molecule has 0 radical (unpaired) electrons. The van der Waals surface area contributed by atoms with E-state index in [1.807, 2.05) is 0 Å². The van der Waals surface area contributed by atoms with E-state index in [0.717, 1.165) is 6.20 Å². The van der Waals surface area contributed by atoms with E-state index < -0.39 is 12.1 Å². The third-order valence-electron chi connectivity index (χ3n) is 0.990. The Labute approximate surface area is 67.9 Å². The highest BCUT2D eigenvalue weighted by atomic mass is 16.7. The van der Waals surface area contributed by atoms with Gasteiger partial charge in [-0.15, -0.1) is 5.11 Å². The van der Waals surface area contributed by atoms with Crippen molar-refractivity contribution in [3.63, 3.8) is 0 Å². The zero-order valence-corrected chi connectivity index (χ0v) is 6.31. The van der Waals surface area contributed by atoms with Gasteiger partial charge in [0.1, 0.15) is 0 Å².